The molecule has 0 aliphatic heterocycles. The Morgan fingerprint density at radius 2 is 2.06 bits per heavy atom. The minimum atomic E-state index is -0.102. The summed E-state index contributed by atoms with van der Waals surface area (Å²) in [4.78, 5) is 1.22. The SMILES string of the molecule is CCCCSc1cc(C)c(F)cc1C(C)NCC. The molecule has 0 spiro atoms. The van der Waals surface area contributed by atoms with Crippen LogP contribution in [-0.2, 0) is 0 Å². The van der Waals surface area contributed by atoms with Crippen molar-refractivity contribution in [2.45, 2.75) is 51.5 Å². The van der Waals surface area contributed by atoms with Gasteiger partial charge < -0.3 is 5.32 Å². The minimum Gasteiger partial charge on any atom is -0.310 e. The van der Waals surface area contributed by atoms with E-state index in [2.05, 4.69) is 26.1 Å². The zero-order valence-electron chi connectivity index (χ0n) is 11.8. The molecule has 3 heteroatoms. The zero-order chi connectivity index (χ0) is 13.5. The van der Waals surface area contributed by atoms with Gasteiger partial charge in [0, 0.05) is 10.9 Å². The topological polar surface area (TPSA) is 12.0 Å². The Hall–Kier alpha value is -0.540. The van der Waals surface area contributed by atoms with Crippen molar-refractivity contribution in [2.75, 3.05) is 12.3 Å². The van der Waals surface area contributed by atoms with Crippen LogP contribution in [0.25, 0.3) is 0 Å². The predicted octanol–water partition coefficient (Wildman–Crippen LogP) is 4.70. The van der Waals surface area contributed by atoms with Crippen LogP contribution in [0, 0.1) is 12.7 Å². The summed E-state index contributed by atoms with van der Waals surface area (Å²) in [6.07, 6.45) is 2.40. The van der Waals surface area contributed by atoms with Crippen molar-refractivity contribution in [3.05, 3.63) is 29.1 Å². The van der Waals surface area contributed by atoms with Gasteiger partial charge in [0.1, 0.15) is 5.82 Å². The molecule has 0 bridgehead atoms. The standard InChI is InChI=1S/C15H24FNS/c1-5-7-8-18-15-9-11(3)14(16)10-13(15)12(4)17-6-2/h9-10,12,17H,5-8H2,1-4H3. The molecule has 1 N–H and O–H groups in total. The first-order valence-electron chi connectivity index (χ1n) is 6.76. The summed E-state index contributed by atoms with van der Waals surface area (Å²) in [6.45, 7) is 9.09. The van der Waals surface area contributed by atoms with E-state index < -0.39 is 0 Å². The van der Waals surface area contributed by atoms with Gasteiger partial charge in [-0.2, -0.15) is 0 Å². The third-order valence-electron chi connectivity index (χ3n) is 3.02. The second kappa shape index (κ2) is 7.80. The lowest BCUT2D eigenvalue weighted by molar-refractivity contribution is 0.571. The molecule has 1 aromatic rings. The van der Waals surface area contributed by atoms with Crippen molar-refractivity contribution < 1.29 is 4.39 Å². The molecule has 0 radical (unpaired) electrons. The van der Waals surface area contributed by atoms with Crippen molar-refractivity contribution in [3.8, 4) is 0 Å². The number of nitrogens with one attached hydrogen (secondary N) is 1. The molecule has 1 aromatic carbocycles. The predicted molar refractivity (Wildman–Crippen MR) is 78.9 cm³/mol. The maximum atomic E-state index is 13.7. The van der Waals surface area contributed by atoms with Crippen molar-refractivity contribution >= 4 is 11.8 Å². The molecule has 1 atom stereocenters. The number of hydrogen-bond acceptors (Lipinski definition) is 2. The summed E-state index contributed by atoms with van der Waals surface area (Å²) >= 11 is 1.84. The van der Waals surface area contributed by atoms with Crippen molar-refractivity contribution in [3.63, 3.8) is 0 Å². The van der Waals surface area contributed by atoms with Gasteiger partial charge in [0.05, 0.1) is 0 Å². The highest BCUT2D eigenvalue weighted by Gasteiger charge is 2.13. The third kappa shape index (κ3) is 4.29. The zero-order valence-corrected chi connectivity index (χ0v) is 12.7. The molecule has 1 rings (SSSR count). The Bertz CT molecular complexity index is 379. The van der Waals surface area contributed by atoms with Crippen LogP contribution < -0.4 is 5.32 Å². The summed E-state index contributed by atoms with van der Waals surface area (Å²) in [6, 6.07) is 3.88. The van der Waals surface area contributed by atoms with E-state index >= 15 is 0 Å². The molecule has 1 unspecified atom stereocenters. The normalized spacial score (nSPS) is 12.7. The average molecular weight is 269 g/mol. The Morgan fingerprint density at radius 1 is 1.33 bits per heavy atom. The number of hydrogen-bond donors (Lipinski definition) is 1. The van der Waals surface area contributed by atoms with Gasteiger partial charge in [0.15, 0.2) is 0 Å². The largest absolute Gasteiger partial charge is 0.310 e. The Kier molecular flexibility index (Phi) is 6.72. The van der Waals surface area contributed by atoms with Gasteiger partial charge in [-0.15, -0.1) is 11.8 Å². The monoisotopic (exact) mass is 269 g/mol. The van der Waals surface area contributed by atoms with Crippen LogP contribution in [0.4, 0.5) is 4.39 Å². The van der Waals surface area contributed by atoms with E-state index in [0.29, 0.717) is 0 Å². The lowest BCUT2D eigenvalue weighted by Crippen LogP contribution is -2.18. The second-order valence-electron chi connectivity index (χ2n) is 4.62. The second-order valence-corrected chi connectivity index (χ2v) is 5.76. The minimum absolute atomic E-state index is 0.102. The summed E-state index contributed by atoms with van der Waals surface area (Å²) in [5, 5.41) is 3.36. The summed E-state index contributed by atoms with van der Waals surface area (Å²) in [5.74, 6) is 1.00. The van der Waals surface area contributed by atoms with E-state index in [-0.39, 0.29) is 11.9 Å². The van der Waals surface area contributed by atoms with Crippen LogP contribution in [-0.4, -0.2) is 12.3 Å². The number of halogens is 1. The molecule has 0 amide bonds. The van der Waals surface area contributed by atoms with Gasteiger partial charge in [0.25, 0.3) is 0 Å². The Balaban J connectivity index is 2.93. The Labute approximate surface area is 115 Å². The van der Waals surface area contributed by atoms with E-state index in [1.54, 1.807) is 6.07 Å². The number of unbranched alkanes of at least 4 members (excludes halogenated alkanes) is 1. The van der Waals surface area contributed by atoms with Gasteiger partial charge >= 0.3 is 0 Å². The van der Waals surface area contributed by atoms with Crippen LogP contribution in [0.3, 0.4) is 0 Å². The van der Waals surface area contributed by atoms with Crippen molar-refractivity contribution in [1.29, 1.82) is 0 Å². The molecule has 0 aliphatic carbocycles. The lowest BCUT2D eigenvalue weighted by atomic mass is 10.1. The van der Waals surface area contributed by atoms with Crippen LogP contribution >= 0.6 is 11.8 Å². The number of rotatable bonds is 7. The third-order valence-corrected chi connectivity index (χ3v) is 4.18. The van der Waals surface area contributed by atoms with Crippen molar-refractivity contribution in [2.24, 2.45) is 0 Å². The summed E-state index contributed by atoms with van der Waals surface area (Å²) in [5.41, 5.74) is 1.82. The van der Waals surface area contributed by atoms with Gasteiger partial charge in [-0.25, -0.2) is 4.39 Å². The maximum absolute atomic E-state index is 13.7. The fourth-order valence-electron chi connectivity index (χ4n) is 1.88. The molecule has 0 heterocycles. The molecule has 0 aromatic heterocycles. The van der Waals surface area contributed by atoms with Crippen LogP contribution in [0.2, 0.25) is 0 Å². The molecular formula is C15H24FNS. The highest BCUT2D eigenvalue weighted by atomic mass is 32.2. The van der Waals surface area contributed by atoms with Gasteiger partial charge in [-0.05, 0) is 55.8 Å². The van der Waals surface area contributed by atoms with E-state index in [4.69, 9.17) is 0 Å². The quantitative estimate of drug-likeness (QED) is 0.569. The molecule has 18 heavy (non-hydrogen) atoms. The highest BCUT2D eigenvalue weighted by Crippen LogP contribution is 2.30. The van der Waals surface area contributed by atoms with E-state index in [1.807, 2.05) is 24.8 Å². The van der Waals surface area contributed by atoms with E-state index in [1.165, 1.54) is 17.7 Å². The first kappa shape index (κ1) is 15.5. The lowest BCUT2D eigenvalue weighted by Gasteiger charge is -2.18. The number of aryl methyl sites for hydroxylation is 1. The van der Waals surface area contributed by atoms with Gasteiger partial charge in [-0.1, -0.05) is 20.3 Å². The van der Waals surface area contributed by atoms with Crippen LogP contribution in [0.1, 0.15) is 50.8 Å². The summed E-state index contributed by atoms with van der Waals surface area (Å²) in [7, 11) is 0. The van der Waals surface area contributed by atoms with Gasteiger partial charge in [-0.3, -0.25) is 0 Å². The molecule has 0 fully saturated rings. The molecule has 1 nitrogen and oxygen atoms in total. The molecule has 0 saturated carbocycles. The van der Waals surface area contributed by atoms with Crippen LogP contribution in [0.15, 0.2) is 17.0 Å². The Morgan fingerprint density at radius 3 is 2.67 bits per heavy atom. The van der Waals surface area contributed by atoms with Crippen LogP contribution in [0.5, 0.6) is 0 Å². The van der Waals surface area contributed by atoms with Gasteiger partial charge in [0.2, 0.25) is 0 Å². The smallest absolute Gasteiger partial charge is 0.126 e. The first-order chi connectivity index (χ1) is 8.60. The molecule has 0 saturated heterocycles. The first-order valence-corrected chi connectivity index (χ1v) is 7.74. The average Bonchev–Trinajstić information content (AvgIpc) is 2.34. The molecule has 102 valence electrons. The fourth-order valence-corrected chi connectivity index (χ4v) is 3.19. The summed E-state index contributed by atoms with van der Waals surface area (Å²) < 4.78 is 13.7. The molecular weight excluding hydrogens is 245 g/mol. The maximum Gasteiger partial charge on any atom is 0.126 e. The van der Waals surface area contributed by atoms with E-state index in [9.17, 15) is 4.39 Å². The van der Waals surface area contributed by atoms with E-state index in [0.717, 1.165) is 23.4 Å². The molecule has 0 aliphatic rings. The fraction of sp³-hybridized carbons (Fsp3) is 0.600. The number of benzene rings is 1. The highest BCUT2D eigenvalue weighted by molar-refractivity contribution is 7.99. The van der Waals surface area contributed by atoms with Crippen molar-refractivity contribution in [1.82, 2.24) is 5.32 Å². The number of thioether (sulfide) groups is 1.